The van der Waals surface area contributed by atoms with E-state index in [1.165, 1.54) is 11.3 Å². The summed E-state index contributed by atoms with van der Waals surface area (Å²) in [5.41, 5.74) is 3.63. The fourth-order valence-corrected chi connectivity index (χ4v) is 3.22. The van der Waals surface area contributed by atoms with E-state index in [1.54, 1.807) is 30.2 Å². The summed E-state index contributed by atoms with van der Waals surface area (Å²) in [6.07, 6.45) is 5.64. The van der Waals surface area contributed by atoms with Gasteiger partial charge in [0.1, 0.15) is 16.7 Å². The van der Waals surface area contributed by atoms with E-state index in [4.69, 9.17) is 4.74 Å². The van der Waals surface area contributed by atoms with Crippen molar-refractivity contribution < 1.29 is 9.53 Å². The Kier molecular flexibility index (Phi) is 3.92. The molecule has 1 N–H and O–H groups in total. The Morgan fingerprint density at radius 1 is 1.29 bits per heavy atom. The Bertz CT molecular complexity index is 852. The van der Waals surface area contributed by atoms with E-state index in [2.05, 4.69) is 20.3 Å². The smallest absolute Gasteiger partial charge is 0.263 e. The number of ether oxygens (including phenoxy) is 1. The third-order valence-corrected chi connectivity index (χ3v) is 4.55. The van der Waals surface area contributed by atoms with E-state index < -0.39 is 0 Å². The molecule has 7 heteroatoms. The molecular formula is C17H14N4O2S. The lowest BCUT2D eigenvalue weighted by molar-refractivity contribution is 0.0937. The zero-order valence-corrected chi connectivity index (χ0v) is 13.5. The van der Waals surface area contributed by atoms with Crippen LogP contribution in [0, 0.1) is 0 Å². The summed E-state index contributed by atoms with van der Waals surface area (Å²) in [4.78, 5) is 25.1. The standard InChI is InChI=1S/C17H14N4O2S/c22-17(14-9-18-10-24-14)21-8-12-7-11-3-1-4-13(15(11)23-12)16-19-5-2-6-20-16/h1-6,9-10,12H,7-8H2,(H,21,22)/t12-/m1/s1. The lowest BCUT2D eigenvalue weighted by Gasteiger charge is -2.12. The number of rotatable bonds is 4. The Balaban J connectivity index is 1.47. The predicted molar refractivity (Wildman–Crippen MR) is 90.0 cm³/mol. The molecule has 1 aromatic carbocycles. The van der Waals surface area contributed by atoms with Crippen LogP contribution in [0.4, 0.5) is 0 Å². The van der Waals surface area contributed by atoms with Gasteiger partial charge in [-0.1, -0.05) is 12.1 Å². The van der Waals surface area contributed by atoms with Crippen molar-refractivity contribution in [3.05, 3.63) is 58.8 Å². The molecule has 24 heavy (non-hydrogen) atoms. The third-order valence-electron chi connectivity index (χ3n) is 3.78. The topological polar surface area (TPSA) is 77.0 Å². The maximum atomic E-state index is 12.0. The second kappa shape index (κ2) is 6.37. The molecule has 0 fully saturated rings. The monoisotopic (exact) mass is 338 g/mol. The van der Waals surface area contributed by atoms with Crippen LogP contribution < -0.4 is 10.1 Å². The summed E-state index contributed by atoms with van der Waals surface area (Å²) in [6.45, 7) is 0.445. The number of nitrogens with one attached hydrogen (secondary N) is 1. The Labute approximate surface area is 142 Å². The molecule has 2 aromatic heterocycles. The molecule has 1 amide bonds. The molecule has 0 aliphatic carbocycles. The number of para-hydroxylation sites is 1. The van der Waals surface area contributed by atoms with Gasteiger partial charge in [-0.3, -0.25) is 9.78 Å². The van der Waals surface area contributed by atoms with Crippen molar-refractivity contribution in [3.63, 3.8) is 0 Å². The average molecular weight is 338 g/mol. The number of aromatic nitrogens is 3. The van der Waals surface area contributed by atoms with E-state index >= 15 is 0 Å². The van der Waals surface area contributed by atoms with Crippen LogP contribution in [-0.2, 0) is 6.42 Å². The van der Waals surface area contributed by atoms with Crippen LogP contribution in [0.25, 0.3) is 11.4 Å². The Morgan fingerprint density at radius 2 is 2.17 bits per heavy atom. The van der Waals surface area contributed by atoms with Crippen molar-refractivity contribution in [2.24, 2.45) is 0 Å². The SMILES string of the molecule is O=C(NC[C@H]1Cc2cccc(-c3ncccn3)c2O1)c1cncs1. The number of amides is 1. The summed E-state index contributed by atoms with van der Waals surface area (Å²) in [6, 6.07) is 7.75. The first-order chi connectivity index (χ1) is 11.8. The van der Waals surface area contributed by atoms with Gasteiger partial charge in [0, 0.05) is 18.8 Å². The van der Waals surface area contributed by atoms with Gasteiger partial charge in [-0.25, -0.2) is 9.97 Å². The lowest BCUT2D eigenvalue weighted by atomic mass is 10.1. The molecule has 0 spiro atoms. The van der Waals surface area contributed by atoms with Crippen LogP contribution in [0.5, 0.6) is 5.75 Å². The largest absolute Gasteiger partial charge is 0.487 e. The number of thiazole rings is 1. The minimum atomic E-state index is -0.122. The number of hydrogen-bond acceptors (Lipinski definition) is 6. The maximum absolute atomic E-state index is 12.0. The van der Waals surface area contributed by atoms with Crippen molar-refractivity contribution in [2.45, 2.75) is 12.5 Å². The van der Waals surface area contributed by atoms with Gasteiger partial charge in [-0.15, -0.1) is 11.3 Å². The van der Waals surface area contributed by atoms with Crippen LogP contribution in [0.1, 0.15) is 15.2 Å². The summed E-state index contributed by atoms with van der Waals surface area (Å²) in [7, 11) is 0. The first-order valence-corrected chi connectivity index (χ1v) is 8.42. The molecule has 0 radical (unpaired) electrons. The molecule has 6 nitrogen and oxygen atoms in total. The molecule has 3 aromatic rings. The van der Waals surface area contributed by atoms with Crippen molar-refractivity contribution in [2.75, 3.05) is 6.54 Å². The summed E-state index contributed by atoms with van der Waals surface area (Å²) >= 11 is 1.32. The van der Waals surface area contributed by atoms with Crippen molar-refractivity contribution in [1.29, 1.82) is 0 Å². The lowest BCUT2D eigenvalue weighted by Crippen LogP contribution is -2.34. The maximum Gasteiger partial charge on any atom is 0.263 e. The van der Waals surface area contributed by atoms with Gasteiger partial charge in [0.2, 0.25) is 0 Å². The van der Waals surface area contributed by atoms with Crippen LogP contribution in [0.15, 0.2) is 48.4 Å². The van der Waals surface area contributed by atoms with Gasteiger partial charge >= 0.3 is 0 Å². The minimum absolute atomic E-state index is 0.0956. The molecule has 0 bridgehead atoms. The number of fused-ring (bicyclic) bond motifs is 1. The molecule has 0 saturated carbocycles. The van der Waals surface area contributed by atoms with Crippen molar-refractivity contribution in [1.82, 2.24) is 20.3 Å². The number of carbonyl (C=O) groups excluding carboxylic acids is 1. The van der Waals surface area contributed by atoms with Gasteiger partial charge in [0.25, 0.3) is 5.91 Å². The second-order valence-corrected chi connectivity index (χ2v) is 6.27. The van der Waals surface area contributed by atoms with E-state index in [0.29, 0.717) is 17.2 Å². The molecule has 4 rings (SSSR count). The molecule has 3 heterocycles. The Hall–Kier alpha value is -2.80. The summed E-state index contributed by atoms with van der Waals surface area (Å²) in [5, 5.41) is 2.90. The Morgan fingerprint density at radius 3 is 2.96 bits per heavy atom. The summed E-state index contributed by atoms with van der Waals surface area (Å²) in [5.74, 6) is 1.33. The normalized spacial score (nSPS) is 15.6. The predicted octanol–water partition coefficient (Wildman–Crippen LogP) is 2.33. The van der Waals surface area contributed by atoms with E-state index in [1.807, 2.05) is 18.2 Å². The number of hydrogen-bond donors (Lipinski definition) is 1. The first kappa shape index (κ1) is 14.8. The highest BCUT2D eigenvalue weighted by Gasteiger charge is 2.27. The molecule has 1 atom stereocenters. The zero-order chi connectivity index (χ0) is 16.4. The van der Waals surface area contributed by atoms with Gasteiger partial charge in [0.15, 0.2) is 5.82 Å². The number of nitrogens with zero attached hydrogens (tertiary/aromatic N) is 3. The highest BCUT2D eigenvalue weighted by Crippen LogP contribution is 2.37. The third kappa shape index (κ3) is 2.85. The summed E-state index contributed by atoms with van der Waals surface area (Å²) < 4.78 is 6.05. The molecule has 1 aliphatic rings. The number of carbonyl (C=O) groups is 1. The van der Waals surface area contributed by atoms with Crippen molar-refractivity contribution in [3.8, 4) is 17.1 Å². The molecular weight excluding hydrogens is 324 g/mol. The molecule has 0 saturated heterocycles. The van der Waals surface area contributed by atoms with Crippen LogP contribution in [0.3, 0.4) is 0 Å². The van der Waals surface area contributed by atoms with Crippen LogP contribution in [0.2, 0.25) is 0 Å². The highest BCUT2D eigenvalue weighted by atomic mass is 32.1. The molecule has 120 valence electrons. The minimum Gasteiger partial charge on any atom is -0.487 e. The van der Waals surface area contributed by atoms with E-state index in [-0.39, 0.29) is 12.0 Å². The van der Waals surface area contributed by atoms with Gasteiger partial charge in [-0.2, -0.15) is 0 Å². The molecule has 1 aliphatic heterocycles. The van der Waals surface area contributed by atoms with Gasteiger partial charge in [0.05, 0.1) is 23.8 Å². The zero-order valence-electron chi connectivity index (χ0n) is 12.7. The second-order valence-electron chi connectivity index (χ2n) is 5.39. The van der Waals surface area contributed by atoms with Gasteiger partial charge < -0.3 is 10.1 Å². The first-order valence-electron chi connectivity index (χ1n) is 7.54. The van der Waals surface area contributed by atoms with E-state index in [9.17, 15) is 4.79 Å². The van der Waals surface area contributed by atoms with Crippen LogP contribution in [-0.4, -0.2) is 33.5 Å². The fourth-order valence-electron chi connectivity index (χ4n) is 2.69. The average Bonchev–Trinajstić information content (AvgIpc) is 3.29. The fraction of sp³-hybridized carbons (Fsp3) is 0.176. The van der Waals surface area contributed by atoms with Crippen molar-refractivity contribution >= 4 is 17.2 Å². The van der Waals surface area contributed by atoms with Gasteiger partial charge in [-0.05, 0) is 17.7 Å². The van der Waals surface area contributed by atoms with E-state index in [0.717, 1.165) is 23.3 Å². The molecule has 0 unspecified atom stereocenters. The van der Waals surface area contributed by atoms with Crippen LogP contribution >= 0.6 is 11.3 Å². The quantitative estimate of drug-likeness (QED) is 0.790. The highest BCUT2D eigenvalue weighted by molar-refractivity contribution is 7.11. The number of benzene rings is 1.